The molecule has 29 heavy (non-hydrogen) atoms. The Morgan fingerprint density at radius 1 is 1.17 bits per heavy atom. The highest BCUT2D eigenvalue weighted by Gasteiger charge is 2.31. The zero-order valence-corrected chi connectivity index (χ0v) is 15.6. The topological polar surface area (TPSA) is 97.8 Å². The summed E-state index contributed by atoms with van der Waals surface area (Å²) in [5.41, 5.74) is -0.460. The molecule has 2 aromatic rings. The molecule has 1 aromatic heterocycles. The number of hydrogen-bond donors (Lipinski definition) is 2. The molecule has 156 valence electrons. The smallest absolute Gasteiger partial charge is 0.416 e. The molecule has 1 aromatic carbocycles. The second-order valence-corrected chi connectivity index (χ2v) is 5.98. The van der Waals surface area contributed by atoms with Gasteiger partial charge in [0.25, 0.3) is 5.91 Å². The fourth-order valence-electron chi connectivity index (χ4n) is 2.58. The first kappa shape index (κ1) is 22.2. The number of carbonyl (C=O) groups excluding carboxylic acids is 2. The Kier molecular flexibility index (Phi) is 7.16. The van der Waals surface area contributed by atoms with Crippen LogP contribution in [0, 0.1) is 0 Å². The quantitative estimate of drug-likeness (QED) is 0.676. The molecule has 0 unspecified atom stereocenters. The molecule has 2 atom stereocenters. The van der Waals surface area contributed by atoms with Crippen molar-refractivity contribution in [1.29, 1.82) is 0 Å². The number of methoxy groups -OCH3 is 2. The second-order valence-electron chi connectivity index (χ2n) is 5.98. The van der Waals surface area contributed by atoms with Crippen molar-refractivity contribution in [1.82, 2.24) is 10.3 Å². The fraction of sp³-hybridized carbons (Fsp3) is 0.316. The fourth-order valence-corrected chi connectivity index (χ4v) is 2.58. The number of aromatic nitrogens is 1. The SMILES string of the molecule is COC(=O)[C@@H](Cc1cccnc1OC)NC(=O)[C@H](O)c1ccc(C(F)(F)F)cc1. The summed E-state index contributed by atoms with van der Waals surface area (Å²) in [5, 5.41) is 12.5. The Morgan fingerprint density at radius 3 is 2.38 bits per heavy atom. The molecule has 0 aliphatic rings. The van der Waals surface area contributed by atoms with Gasteiger partial charge in [0.1, 0.15) is 6.04 Å². The molecule has 2 N–H and O–H groups in total. The first-order valence-electron chi connectivity index (χ1n) is 8.38. The van der Waals surface area contributed by atoms with Gasteiger partial charge in [-0.05, 0) is 23.8 Å². The number of aliphatic hydroxyl groups excluding tert-OH is 1. The maximum atomic E-state index is 12.6. The summed E-state index contributed by atoms with van der Waals surface area (Å²) in [6.07, 6.45) is -4.86. The summed E-state index contributed by atoms with van der Waals surface area (Å²) in [5.74, 6) is -1.49. The number of benzene rings is 1. The highest BCUT2D eigenvalue weighted by Crippen LogP contribution is 2.30. The van der Waals surface area contributed by atoms with Crippen LogP contribution in [0.25, 0.3) is 0 Å². The van der Waals surface area contributed by atoms with Gasteiger partial charge in [-0.3, -0.25) is 4.79 Å². The van der Waals surface area contributed by atoms with Gasteiger partial charge in [0.2, 0.25) is 5.88 Å². The Hall–Kier alpha value is -3.14. The van der Waals surface area contributed by atoms with Crippen molar-refractivity contribution < 1.29 is 37.3 Å². The van der Waals surface area contributed by atoms with E-state index in [9.17, 15) is 27.9 Å². The molecule has 0 bridgehead atoms. The van der Waals surface area contributed by atoms with Crippen LogP contribution in [0.15, 0.2) is 42.6 Å². The van der Waals surface area contributed by atoms with Crippen LogP contribution >= 0.6 is 0 Å². The van der Waals surface area contributed by atoms with Gasteiger partial charge in [0.05, 0.1) is 19.8 Å². The van der Waals surface area contributed by atoms with Crippen molar-refractivity contribution in [3.05, 3.63) is 59.3 Å². The summed E-state index contributed by atoms with van der Waals surface area (Å²) in [6.45, 7) is 0. The number of esters is 1. The number of rotatable bonds is 7. The largest absolute Gasteiger partial charge is 0.481 e. The van der Waals surface area contributed by atoms with Gasteiger partial charge < -0.3 is 19.9 Å². The molecule has 0 saturated heterocycles. The van der Waals surface area contributed by atoms with Crippen molar-refractivity contribution in [3.8, 4) is 5.88 Å². The average Bonchev–Trinajstić information content (AvgIpc) is 2.71. The van der Waals surface area contributed by atoms with E-state index < -0.39 is 35.8 Å². The minimum atomic E-state index is -4.54. The molecule has 0 fully saturated rings. The highest BCUT2D eigenvalue weighted by molar-refractivity contribution is 5.87. The number of nitrogens with zero attached hydrogens (tertiary/aromatic N) is 1. The molecule has 7 nitrogen and oxygen atoms in total. The first-order valence-corrected chi connectivity index (χ1v) is 8.38. The number of pyridine rings is 1. The van der Waals surface area contributed by atoms with E-state index in [1.165, 1.54) is 13.3 Å². The summed E-state index contributed by atoms with van der Waals surface area (Å²) in [6, 6.07) is 5.57. The number of carbonyl (C=O) groups is 2. The van der Waals surface area contributed by atoms with Gasteiger partial charge in [-0.1, -0.05) is 18.2 Å². The lowest BCUT2D eigenvalue weighted by Gasteiger charge is -2.20. The molecule has 10 heteroatoms. The summed E-state index contributed by atoms with van der Waals surface area (Å²) in [7, 11) is 2.53. The van der Waals surface area contributed by atoms with Crippen molar-refractivity contribution in [2.24, 2.45) is 0 Å². The molecule has 0 saturated carbocycles. The summed E-state index contributed by atoms with van der Waals surface area (Å²) >= 11 is 0. The van der Waals surface area contributed by atoms with Gasteiger partial charge in [0.15, 0.2) is 6.10 Å². The van der Waals surface area contributed by atoms with Crippen molar-refractivity contribution >= 4 is 11.9 Å². The van der Waals surface area contributed by atoms with Crippen molar-refractivity contribution in [2.75, 3.05) is 14.2 Å². The van der Waals surface area contributed by atoms with Gasteiger partial charge >= 0.3 is 12.1 Å². The Bertz CT molecular complexity index is 856. The lowest BCUT2D eigenvalue weighted by atomic mass is 10.0. The van der Waals surface area contributed by atoms with E-state index in [-0.39, 0.29) is 17.9 Å². The normalized spacial score (nSPS) is 13.3. The van der Waals surface area contributed by atoms with E-state index in [0.717, 1.165) is 31.4 Å². The standard InChI is InChI=1S/C19H19F3N2O5/c1-28-17-12(4-3-9-23-17)10-14(18(27)29-2)24-16(26)15(25)11-5-7-13(8-6-11)19(20,21)22/h3-9,14-15,25H,10H2,1-2H3,(H,24,26)/t14-,15-/m1/s1. The second kappa shape index (κ2) is 9.37. The Morgan fingerprint density at radius 2 is 1.83 bits per heavy atom. The molecule has 2 rings (SSSR count). The zero-order chi connectivity index (χ0) is 21.6. The van der Waals surface area contributed by atoms with Crippen molar-refractivity contribution in [3.63, 3.8) is 0 Å². The number of ether oxygens (including phenoxy) is 2. The van der Waals surface area contributed by atoms with Crippen LogP contribution in [0.5, 0.6) is 5.88 Å². The summed E-state index contributed by atoms with van der Waals surface area (Å²) < 4.78 is 47.7. The third kappa shape index (κ3) is 5.67. The highest BCUT2D eigenvalue weighted by atomic mass is 19.4. The molecule has 0 radical (unpaired) electrons. The van der Waals surface area contributed by atoms with Crippen LogP contribution in [-0.2, 0) is 26.9 Å². The Labute approximate surface area is 164 Å². The lowest BCUT2D eigenvalue weighted by molar-refractivity contribution is -0.146. The molecule has 1 amide bonds. The van der Waals surface area contributed by atoms with Crippen LogP contribution in [0.4, 0.5) is 13.2 Å². The number of nitrogens with one attached hydrogen (secondary N) is 1. The molecule has 0 aliphatic carbocycles. The number of alkyl halides is 3. The molecule has 1 heterocycles. The Balaban J connectivity index is 2.16. The first-order chi connectivity index (χ1) is 13.7. The van der Waals surface area contributed by atoms with E-state index in [2.05, 4.69) is 15.0 Å². The zero-order valence-electron chi connectivity index (χ0n) is 15.6. The third-order valence-corrected chi connectivity index (χ3v) is 4.07. The third-order valence-electron chi connectivity index (χ3n) is 4.07. The number of hydrogen-bond acceptors (Lipinski definition) is 6. The van der Waals surface area contributed by atoms with Gasteiger partial charge in [-0.25, -0.2) is 9.78 Å². The van der Waals surface area contributed by atoms with Crippen molar-refractivity contribution in [2.45, 2.75) is 24.7 Å². The van der Waals surface area contributed by atoms with E-state index in [1.807, 2.05) is 0 Å². The molecule has 0 spiro atoms. The number of amides is 1. The van der Waals surface area contributed by atoms with Crippen LogP contribution in [0.2, 0.25) is 0 Å². The molecular weight excluding hydrogens is 393 g/mol. The van der Waals surface area contributed by atoms with Gasteiger partial charge in [-0.2, -0.15) is 13.2 Å². The van der Waals surface area contributed by atoms with Gasteiger partial charge in [0, 0.05) is 18.2 Å². The monoisotopic (exact) mass is 412 g/mol. The van der Waals surface area contributed by atoms with E-state index in [1.54, 1.807) is 12.1 Å². The minimum Gasteiger partial charge on any atom is -0.481 e. The van der Waals surface area contributed by atoms with E-state index in [0.29, 0.717) is 5.56 Å². The maximum Gasteiger partial charge on any atom is 0.416 e. The van der Waals surface area contributed by atoms with Crippen LogP contribution < -0.4 is 10.1 Å². The molecule has 0 aliphatic heterocycles. The van der Waals surface area contributed by atoms with Crippen LogP contribution in [0.3, 0.4) is 0 Å². The maximum absolute atomic E-state index is 12.6. The average molecular weight is 412 g/mol. The van der Waals surface area contributed by atoms with Crippen LogP contribution in [-0.4, -0.2) is 42.2 Å². The van der Waals surface area contributed by atoms with Crippen LogP contribution in [0.1, 0.15) is 22.8 Å². The van der Waals surface area contributed by atoms with E-state index in [4.69, 9.17) is 4.74 Å². The predicted octanol–water partition coefficient (Wildman–Crippen LogP) is 2.04. The lowest BCUT2D eigenvalue weighted by Crippen LogP contribution is -2.45. The van der Waals surface area contributed by atoms with E-state index >= 15 is 0 Å². The predicted molar refractivity (Wildman–Crippen MR) is 94.8 cm³/mol. The minimum absolute atomic E-state index is 0.0326. The number of aliphatic hydroxyl groups is 1. The number of halogens is 3. The van der Waals surface area contributed by atoms with Gasteiger partial charge in [-0.15, -0.1) is 0 Å². The molecular formula is C19H19F3N2O5. The summed E-state index contributed by atoms with van der Waals surface area (Å²) in [4.78, 5) is 28.4.